The van der Waals surface area contributed by atoms with Crippen LogP contribution in [0.1, 0.15) is 42.8 Å². The molecule has 1 aromatic heterocycles. The fourth-order valence-corrected chi connectivity index (χ4v) is 1.75. The van der Waals surface area contributed by atoms with Gasteiger partial charge in [0.15, 0.2) is 0 Å². The molecule has 112 valence electrons. The largest absolute Gasteiger partial charge is 0.349 e. The van der Waals surface area contributed by atoms with E-state index in [0.29, 0.717) is 18.8 Å². The molecule has 1 aromatic carbocycles. The van der Waals surface area contributed by atoms with Crippen LogP contribution >= 0.6 is 0 Å². The third-order valence-electron chi connectivity index (χ3n) is 3.01. The molecule has 1 amide bonds. The molecular formula is C15H19FN4O. The van der Waals surface area contributed by atoms with E-state index < -0.39 is 0 Å². The van der Waals surface area contributed by atoms with Crippen LogP contribution in [0.25, 0.3) is 0 Å². The molecule has 0 fully saturated rings. The van der Waals surface area contributed by atoms with Crippen molar-refractivity contribution in [3.63, 3.8) is 0 Å². The Morgan fingerprint density at radius 2 is 1.95 bits per heavy atom. The van der Waals surface area contributed by atoms with Crippen LogP contribution < -0.4 is 5.32 Å². The molecule has 0 aliphatic rings. The molecule has 0 aliphatic heterocycles. The fourth-order valence-electron chi connectivity index (χ4n) is 1.75. The van der Waals surface area contributed by atoms with Crippen LogP contribution in [0.2, 0.25) is 0 Å². The average molecular weight is 290 g/mol. The van der Waals surface area contributed by atoms with Gasteiger partial charge in [0.25, 0.3) is 5.91 Å². The van der Waals surface area contributed by atoms with Gasteiger partial charge < -0.3 is 5.32 Å². The second-order valence-corrected chi connectivity index (χ2v) is 5.89. The van der Waals surface area contributed by atoms with Gasteiger partial charge in [0.2, 0.25) is 5.82 Å². The van der Waals surface area contributed by atoms with Crippen molar-refractivity contribution in [3.05, 3.63) is 47.3 Å². The van der Waals surface area contributed by atoms with E-state index in [1.165, 1.54) is 12.1 Å². The summed E-state index contributed by atoms with van der Waals surface area (Å²) >= 11 is 0. The Kier molecular flexibility index (Phi) is 4.35. The van der Waals surface area contributed by atoms with Crippen molar-refractivity contribution in [3.8, 4) is 0 Å². The Bertz CT molecular complexity index is 613. The predicted octanol–water partition coefficient (Wildman–Crippen LogP) is 2.21. The summed E-state index contributed by atoms with van der Waals surface area (Å²) in [6.45, 7) is 6.42. The number of carbonyl (C=O) groups is 1. The lowest BCUT2D eigenvalue weighted by Crippen LogP contribution is -2.27. The van der Waals surface area contributed by atoms with Gasteiger partial charge in [-0.3, -0.25) is 9.89 Å². The van der Waals surface area contributed by atoms with Gasteiger partial charge >= 0.3 is 0 Å². The first-order valence-electron chi connectivity index (χ1n) is 6.82. The van der Waals surface area contributed by atoms with E-state index in [2.05, 4.69) is 20.5 Å². The van der Waals surface area contributed by atoms with Crippen molar-refractivity contribution in [2.75, 3.05) is 6.54 Å². The normalized spacial score (nSPS) is 11.4. The van der Waals surface area contributed by atoms with Crippen molar-refractivity contribution >= 4 is 5.91 Å². The van der Waals surface area contributed by atoms with Crippen molar-refractivity contribution < 1.29 is 9.18 Å². The molecule has 21 heavy (non-hydrogen) atoms. The molecule has 0 saturated carbocycles. The maximum Gasteiger partial charge on any atom is 0.290 e. The van der Waals surface area contributed by atoms with Gasteiger partial charge in [0.1, 0.15) is 11.6 Å². The minimum absolute atomic E-state index is 0.138. The fraction of sp³-hybridized carbons (Fsp3) is 0.400. The summed E-state index contributed by atoms with van der Waals surface area (Å²) in [7, 11) is 0. The van der Waals surface area contributed by atoms with Crippen LogP contribution in [0.4, 0.5) is 4.39 Å². The van der Waals surface area contributed by atoms with Gasteiger partial charge in [-0.2, -0.15) is 0 Å². The number of carbonyl (C=O) groups excluding carboxylic acids is 1. The molecule has 2 aromatic rings. The minimum Gasteiger partial charge on any atom is -0.349 e. The topological polar surface area (TPSA) is 70.7 Å². The number of halogens is 1. The van der Waals surface area contributed by atoms with Gasteiger partial charge in [-0.05, 0) is 24.1 Å². The number of rotatable bonds is 4. The van der Waals surface area contributed by atoms with E-state index in [4.69, 9.17) is 0 Å². The first kappa shape index (κ1) is 15.2. The van der Waals surface area contributed by atoms with E-state index in [-0.39, 0.29) is 23.0 Å². The minimum atomic E-state index is -0.316. The zero-order chi connectivity index (χ0) is 15.5. The van der Waals surface area contributed by atoms with E-state index in [1.807, 2.05) is 20.8 Å². The molecule has 0 spiro atoms. The Morgan fingerprint density at radius 3 is 2.52 bits per heavy atom. The Morgan fingerprint density at radius 1 is 1.29 bits per heavy atom. The van der Waals surface area contributed by atoms with Crippen LogP contribution in [0.5, 0.6) is 0 Å². The SMILES string of the molecule is CC(C)(C)c1nc(C(=O)NCCc2ccc(F)cc2)n[nH]1. The van der Waals surface area contributed by atoms with Crippen LogP contribution in [-0.2, 0) is 11.8 Å². The third-order valence-corrected chi connectivity index (χ3v) is 3.01. The second kappa shape index (κ2) is 6.03. The van der Waals surface area contributed by atoms with Crippen LogP contribution in [0.3, 0.4) is 0 Å². The lowest BCUT2D eigenvalue weighted by molar-refractivity contribution is 0.0944. The van der Waals surface area contributed by atoms with Gasteiger partial charge in [0, 0.05) is 12.0 Å². The van der Waals surface area contributed by atoms with E-state index >= 15 is 0 Å². The van der Waals surface area contributed by atoms with Crippen LogP contribution in [0, 0.1) is 5.82 Å². The molecule has 6 heteroatoms. The lowest BCUT2D eigenvalue weighted by atomic mass is 9.96. The number of aromatic amines is 1. The average Bonchev–Trinajstić information content (AvgIpc) is 2.90. The van der Waals surface area contributed by atoms with Crippen LogP contribution in [0.15, 0.2) is 24.3 Å². The molecule has 0 aliphatic carbocycles. The summed E-state index contributed by atoms with van der Waals surface area (Å²) in [6, 6.07) is 6.21. The molecular weight excluding hydrogens is 271 g/mol. The van der Waals surface area contributed by atoms with Crippen molar-refractivity contribution in [2.24, 2.45) is 0 Å². The van der Waals surface area contributed by atoms with E-state index in [9.17, 15) is 9.18 Å². The molecule has 5 nitrogen and oxygen atoms in total. The molecule has 0 unspecified atom stereocenters. The molecule has 0 radical (unpaired) electrons. The summed E-state index contributed by atoms with van der Waals surface area (Å²) in [4.78, 5) is 16.1. The number of amides is 1. The zero-order valence-electron chi connectivity index (χ0n) is 12.4. The summed E-state index contributed by atoms with van der Waals surface area (Å²) in [6.07, 6.45) is 0.628. The standard InChI is InChI=1S/C15H19FN4O/c1-15(2,3)14-18-12(19-20-14)13(21)17-9-8-10-4-6-11(16)7-5-10/h4-7H,8-9H2,1-3H3,(H,17,21)(H,18,19,20). The molecule has 0 bridgehead atoms. The molecule has 0 saturated heterocycles. The second-order valence-electron chi connectivity index (χ2n) is 5.89. The smallest absolute Gasteiger partial charge is 0.290 e. The third kappa shape index (κ3) is 4.11. The summed E-state index contributed by atoms with van der Waals surface area (Å²) in [5, 5.41) is 9.45. The van der Waals surface area contributed by atoms with Crippen molar-refractivity contribution in [2.45, 2.75) is 32.6 Å². The highest BCUT2D eigenvalue weighted by Gasteiger charge is 2.20. The highest BCUT2D eigenvalue weighted by molar-refractivity contribution is 5.90. The Hall–Kier alpha value is -2.24. The summed E-state index contributed by atoms with van der Waals surface area (Å²) in [5.41, 5.74) is 0.779. The number of aromatic nitrogens is 3. The Balaban J connectivity index is 1.87. The number of hydrogen-bond donors (Lipinski definition) is 2. The number of benzene rings is 1. The number of nitrogens with zero attached hydrogens (tertiary/aromatic N) is 2. The monoisotopic (exact) mass is 290 g/mol. The predicted molar refractivity (Wildman–Crippen MR) is 77.5 cm³/mol. The molecule has 2 rings (SSSR count). The first-order valence-corrected chi connectivity index (χ1v) is 6.82. The zero-order valence-corrected chi connectivity index (χ0v) is 12.4. The van der Waals surface area contributed by atoms with Crippen LogP contribution in [-0.4, -0.2) is 27.6 Å². The first-order chi connectivity index (χ1) is 9.86. The maximum absolute atomic E-state index is 12.8. The van der Waals surface area contributed by atoms with Crippen molar-refractivity contribution in [1.29, 1.82) is 0 Å². The molecule has 2 N–H and O–H groups in total. The van der Waals surface area contributed by atoms with Gasteiger partial charge in [0.05, 0.1) is 0 Å². The summed E-state index contributed by atoms with van der Waals surface area (Å²) in [5.74, 6) is 0.229. The van der Waals surface area contributed by atoms with Gasteiger partial charge in [-0.1, -0.05) is 32.9 Å². The highest BCUT2D eigenvalue weighted by Crippen LogP contribution is 2.17. The number of hydrogen-bond acceptors (Lipinski definition) is 3. The highest BCUT2D eigenvalue weighted by atomic mass is 19.1. The Labute approximate surface area is 123 Å². The number of H-pyrrole nitrogens is 1. The lowest BCUT2D eigenvalue weighted by Gasteiger charge is -2.12. The van der Waals surface area contributed by atoms with Crippen molar-refractivity contribution in [1.82, 2.24) is 20.5 Å². The molecule has 1 heterocycles. The quantitative estimate of drug-likeness (QED) is 0.907. The molecule has 0 atom stereocenters. The number of nitrogens with one attached hydrogen (secondary N) is 2. The maximum atomic E-state index is 12.8. The van der Waals surface area contributed by atoms with Gasteiger partial charge in [-0.25, -0.2) is 9.37 Å². The van der Waals surface area contributed by atoms with E-state index in [0.717, 1.165) is 5.56 Å². The summed E-state index contributed by atoms with van der Waals surface area (Å²) < 4.78 is 12.8. The van der Waals surface area contributed by atoms with E-state index in [1.54, 1.807) is 12.1 Å². The van der Waals surface area contributed by atoms with Gasteiger partial charge in [-0.15, -0.1) is 5.10 Å².